The molecule has 0 aromatic heterocycles. The van der Waals surface area contributed by atoms with E-state index in [0.717, 1.165) is 32.2 Å². The van der Waals surface area contributed by atoms with E-state index >= 15 is 0 Å². The normalized spacial score (nSPS) is 31.6. The number of hydrogen-bond donors (Lipinski definition) is 1. The Morgan fingerprint density at radius 1 is 1.28 bits per heavy atom. The summed E-state index contributed by atoms with van der Waals surface area (Å²) in [6.07, 6.45) is 4.29. The van der Waals surface area contributed by atoms with Crippen molar-refractivity contribution in [2.45, 2.75) is 77.1 Å². The summed E-state index contributed by atoms with van der Waals surface area (Å²) < 4.78 is 5.52. The number of hydrogen-bond acceptors (Lipinski definition) is 3. The molecular weight excluding hydrogens is 228 g/mol. The standard InChI is InChI=1S/C14H26N2O2/c1-5-15-10-8-11-6-7-12(9-10)16(11)13(17)18-14(2,3)4/h10-12,15H,5-9H2,1-4H3/t10?,11-,12+. The van der Waals surface area contributed by atoms with E-state index in [4.69, 9.17) is 4.74 Å². The maximum atomic E-state index is 12.2. The van der Waals surface area contributed by atoms with E-state index in [1.807, 2.05) is 25.7 Å². The van der Waals surface area contributed by atoms with Crippen molar-refractivity contribution in [1.82, 2.24) is 10.2 Å². The van der Waals surface area contributed by atoms with Crippen molar-refractivity contribution < 1.29 is 9.53 Å². The van der Waals surface area contributed by atoms with Crippen LogP contribution >= 0.6 is 0 Å². The predicted molar refractivity (Wildman–Crippen MR) is 71.6 cm³/mol. The number of fused-ring (bicyclic) bond motifs is 2. The Hall–Kier alpha value is -0.770. The van der Waals surface area contributed by atoms with Crippen LogP contribution in [0.25, 0.3) is 0 Å². The van der Waals surface area contributed by atoms with Gasteiger partial charge in [-0.05, 0) is 53.0 Å². The summed E-state index contributed by atoms with van der Waals surface area (Å²) in [5, 5.41) is 3.51. The highest BCUT2D eigenvalue weighted by atomic mass is 16.6. The highest BCUT2D eigenvalue weighted by Gasteiger charge is 2.44. The minimum absolute atomic E-state index is 0.120. The first-order valence-corrected chi connectivity index (χ1v) is 7.15. The van der Waals surface area contributed by atoms with Crippen LogP contribution in [0, 0.1) is 0 Å². The van der Waals surface area contributed by atoms with Crippen LogP contribution in [0.15, 0.2) is 0 Å². The molecule has 1 N–H and O–H groups in total. The van der Waals surface area contributed by atoms with Crippen molar-refractivity contribution >= 4 is 6.09 Å². The molecule has 2 rings (SSSR count). The fourth-order valence-corrected chi connectivity index (χ4v) is 3.25. The van der Waals surface area contributed by atoms with E-state index in [1.165, 1.54) is 0 Å². The van der Waals surface area contributed by atoms with E-state index in [1.54, 1.807) is 0 Å². The lowest BCUT2D eigenvalue weighted by Gasteiger charge is -2.39. The van der Waals surface area contributed by atoms with Gasteiger partial charge in [-0.2, -0.15) is 0 Å². The molecule has 4 heteroatoms. The van der Waals surface area contributed by atoms with E-state index in [2.05, 4.69) is 12.2 Å². The lowest BCUT2D eigenvalue weighted by Crippen LogP contribution is -2.52. The van der Waals surface area contributed by atoms with E-state index in [9.17, 15) is 4.79 Å². The first-order chi connectivity index (χ1) is 8.40. The lowest BCUT2D eigenvalue weighted by molar-refractivity contribution is 0.00482. The van der Waals surface area contributed by atoms with Gasteiger partial charge < -0.3 is 15.0 Å². The van der Waals surface area contributed by atoms with Crippen molar-refractivity contribution in [3.05, 3.63) is 0 Å². The molecule has 2 saturated heterocycles. The lowest BCUT2D eigenvalue weighted by atomic mass is 9.98. The fourth-order valence-electron chi connectivity index (χ4n) is 3.25. The van der Waals surface area contributed by atoms with Gasteiger partial charge in [0, 0.05) is 18.1 Å². The Bertz CT molecular complexity index is 297. The maximum absolute atomic E-state index is 12.2. The summed E-state index contributed by atoms with van der Waals surface area (Å²) in [4.78, 5) is 14.2. The number of carbonyl (C=O) groups is 1. The molecule has 0 aliphatic carbocycles. The third-order valence-electron chi connectivity index (χ3n) is 3.83. The van der Waals surface area contributed by atoms with Crippen molar-refractivity contribution in [2.24, 2.45) is 0 Å². The molecule has 0 spiro atoms. The second-order valence-corrected chi connectivity index (χ2v) is 6.50. The molecule has 3 atom stereocenters. The Kier molecular flexibility index (Phi) is 3.85. The molecule has 2 aliphatic heterocycles. The van der Waals surface area contributed by atoms with E-state index in [0.29, 0.717) is 18.1 Å². The van der Waals surface area contributed by atoms with Gasteiger partial charge in [0.15, 0.2) is 0 Å². The van der Waals surface area contributed by atoms with Gasteiger partial charge in [0.1, 0.15) is 5.60 Å². The predicted octanol–water partition coefficient (Wildman–Crippen LogP) is 2.53. The number of piperidine rings is 1. The minimum atomic E-state index is -0.394. The van der Waals surface area contributed by atoms with Crippen molar-refractivity contribution in [2.75, 3.05) is 6.54 Å². The minimum Gasteiger partial charge on any atom is -0.444 e. The van der Waals surface area contributed by atoms with Gasteiger partial charge in [-0.25, -0.2) is 4.79 Å². The van der Waals surface area contributed by atoms with Crippen molar-refractivity contribution in [3.8, 4) is 0 Å². The molecule has 4 nitrogen and oxygen atoms in total. The molecular formula is C14H26N2O2. The number of nitrogens with zero attached hydrogens (tertiary/aromatic N) is 1. The van der Waals surface area contributed by atoms with Gasteiger partial charge in [0.2, 0.25) is 0 Å². The average molecular weight is 254 g/mol. The molecule has 2 bridgehead atoms. The summed E-state index contributed by atoms with van der Waals surface area (Å²) in [5.41, 5.74) is -0.394. The monoisotopic (exact) mass is 254 g/mol. The number of rotatable bonds is 2. The molecule has 2 aliphatic rings. The van der Waals surface area contributed by atoms with Gasteiger partial charge in [-0.1, -0.05) is 6.92 Å². The van der Waals surface area contributed by atoms with Gasteiger partial charge in [0.05, 0.1) is 0 Å². The van der Waals surface area contributed by atoms with Crippen LogP contribution in [-0.2, 0) is 4.74 Å². The van der Waals surface area contributed by atoms with Crippen LogP contribution in [0.1, 0.15) is 53.4 Å². The molecule has 1 amide bonds. The third-order valence-corrected chi connectivity index (χ3v) is 3.83. The summed E-state index contributed by atoms with van der Waals surface area (Å²) >= 11 is 0. The van der Waals surface area contributed by atoms with E-state index in [-0.39, 0.29) is 6.09 Å². The zero-order chi connectivity index (χ0) is 13.3. The van der Waals surface area contributed by atoms with Crippen LogP contribution in [0.5, 0.6) is 0 Å². The number of nitrogens with one attached hydrogen (secondary N) is 1. The van der Waals surface area contributed by atoms with Gasteiger partial charge in [0.25, 0.3) is 0 Å². The van der Waals surface area contributed by atoms with Crippen LogP contribution in [-0.4, -0.2) is 41.3 Å². The van der Waals surface area contributed by atoms with Gasteiger partial charge in [-0.15, -0.1) is 0 Å². The highest BCUT2D eigenvalue weighted by molar-refractivity contribution is 5.69. The second-order valence-electron chi connectivity index (χ2n) is 6.50. The third kappa shape index (κ3) is 2.97. The topological polar surface area (TPSA) is 41.6 Å². The van der Waals surface area contributed by atoms with Crippen molar-refractivity contribution in [3.63, 3.8) is 0 Å². The zero-order valence-electron chi connectivity index (χ0n) is 12.0. The Labute approximate surface area is 110 Å². The van der Waals surface area contributed by atoms with E-state index < -0.39 is 5.60 Å². The smallest absolute Gasteiger partial charge is 0.410 e. The van der Waals surface area contributed by atoms with Crippen molar-refractivity contribution in [1.29, 1.82) is 0 Å². The number of amides is 1. The largest absolute Gasteiger partial charge is 0.444 e. The molecule has 104 valence electrons. The summed E-state index contributed by atoms with van der Waals surface area (Å²) in [6.45, 7) is 8.94. The molecule has 0 aromatic rings. The first kappa shape index (κ1) is 13.7. The molecule has 0 aromatic carbocycles. The van der Waals surface area contributed by atoms with Crippen LogP contribution in [0.4, 0.5) is 4.79 Å². The van der Waals surface area contributed by atoms with Gasteiger partial charge in [-0.3, -0.25) is 0 Å². The van der Waals surface area contributed by atoms with Crippen LogP contribution < -0.4 is 5.32 Å². The Morgan fingerprint density at radius 3 is 2.28 bits per heavy atom. The van der Waals surface area contributed by atoms with Crippen LogP contribution in [0.2, 0.25) is 0 Å². The molecule has 0 radical (unpaired) electrons. The number of carbonyl (C=O) groups excluding carboxylic acids is 1. The van der Waals surface area contributed by atoms with Crippen LogP contribution in [0.3, 0.4) is 0 Å². The number of ether oxygens (including phenoxy) is 1. The molecule has 0 saturated carbocycles. The maximum Gasteiger partial charge on any atom is 0.410 e. The van der Waals surface area contributed by atoms with Gasteiger partial charge >= 0.3 is 6.09 Å². The summed E-state index contributed by atoms with van der Waals surface area (Å²) in [7, 11) is 0. The quantitative estimate of drug-likeness (QED) is 0.823. The zero-order valence-corrected chi connectivity index (χ0v) is 12.0. The molecule has 2 fully saturated rings. The Morgan fingerprint density at radius 2 is 1.83 bits per heavy atom. The average Bonchev–Trinajstić information content (AvgIpc) is 2.49. The molecule has 2 heterocycles. The second kappa shape index (κ2) is 5.08. The Balaban J connectivity index is 1.98. The first-order valence-electron chi connectivity index (χ1n) is 7.15. The summed E-state index contributed by atoms with van der Waals surface area (Å²) in [6, 6.07) is 1.33. The SMILES string of the molecule is CCNC1C[C@H]2CC[C@@H](C1)N2C(=O)OC(C)(C)C. The summed E-state index contributed by atoms with van der Waals surface area (Å²) in [5.74, 6) is 0. The highest BCUT2D eigenvalue weighted by Crippen LogP contribution is 2.36. The molecule has 18 heavy (non-hydrogen) atoms. The fraction of sp³-hybridized carbons (Fsp3) is 0.929. The molecule has 1 unspecified atom stereocenters.